The molecule has 0 aliphatic heterocycles. The number of aromatic nitrogens is 1. The molecule has 0 saturated carbocycles. The number of oxazole rings is 1. The highest BCUT2D eigenvalue weighted by molar-refractivity contribution is 6.03. The van der Waals surface area contributed by atoms with Gasteiger partial charge < -0.3 is 9.73 Å². The lowest BCUT2D eigenvalue weighted by Gasteiger charge is -2.08. The minimum Gasteiger partial charge on any atom is -0.441 e. The number of hydrogen-bond acceptors (Lipinski definition) is 4. The number of amides is 1. The maximum atomic E-state index is 13.8. The molecule has 0 saturated heterocycles. The predicted molar refractivity (Wildman–Crippen MR) is 95.3 cm³/mol. The average Bonchev–Trinajstić information content (AvgIpc) is 3.09. The summed E-state index contributed by atoms with van der Waals surface area (Å²) < 4.78 is 32.2. The number of halogens is 2. The number of ketones is 1. The van der Waals surface area contributed by atoms with Crippen LogP contribution in [0.5, 0.6) is 0 Å². The highest BCUT2D eigenvalue weighted by Crippen LogP contribution is 2.24. The van der Waals surface area contributed by atoms with Crippen molar-refractivity contribution in [1.82, 2.24) is 4.98 Å². The van der Waals surface area contributed by atoms with Crippen LogP contribution < -0.4 is 5.32 Å². The lowest BCUT2D eigenvalue weighted by atomic mass is 10.1. The molecular formula is C20H16F2N2O3. The fourth-order valence-corrected chi connectivity index (χ4v) is 2.57. The van der Waals surface area contributed by atoms with Crippen molar-refractivity contribution >= 4 is 17.4 Å². The Kier molecular flexibility index (Phi) is 5.40. The third-order valence-corrected chi connectivity index (χ3v) is 3.90. The molecule has 138 valence electrons. The fraction of sp³-hybridized carbons (Fsp3) is 0.150. The molecule has 0 unspecified atom stereocenters. The number of carbonyl (C=O) groups excluding carboxylic acids is 2. The molecule has 0 spiro atoms. The molecule has 1 N–H and O–H groups in total. The third kappa shape index (κ3) is 4.44. The van der Waals surface area contributed by atoms with Crippen molar-refractivity contribution in [2.75, 3.05) is 5.32 Å². The number of aryl methyl sites for hydroxylation is 1. The number of benzene rings is 2. The topological polar surface area (TPSA) is 72.2 Å². The van der Waals surface area contributed by atoms with Gasteiger partial charge in [-0.25, -0.2) is 13.8 Å². The van der Waals surface area contributed by atoms with Crippen molar-refractivity contribution in [2.24, 2.45) is 0 Å². The summed E-state index contributed by atoms with van der Waals surface area (Å²) in [6.07, 6.45) is 1.59. The van der Waals surface area contributed by atoms with Crippen LogP contribution in [0, 0.1) is 11.6 Å². The second kappa shape index (κ2) is 7.90. The van der Waals surface area contributed by atoms with Gasteiger partial charge in [0.05, 0.1) is 17.4 Å². The number of Topliss-reactive ketones (excluding diaryl/α,β-unsaturated/α-hetero) is 1. The first-order chi connectivity index (χ1) is 12.9. The van der Waals surface area contributed by atoms with Crippen molar-refractivity contribution in [3.05, 3.63) is 71.8 Å². The van der Waals surface area contributed by atoms with Gasteiger partial charge in [-0.05, 0) is 31.2 Å². The third-order valence-electron chi connectivity index (χ3n) is 3.90. The zero-order chi connectivity index (χ0) is 19.4. The predicted octanol–water partition coefficient (Wildman–Crippen LogP) is 4.39. The summed E-state index contributed by atoms with van der Waals surface area (Å²) in [5.41, 5.74) is 0.961. The largest absolute Gasteiger partial charge is 0.441 e. The maximum absolute atomic E-state index is 13.8. The van der Waals surface area contributed by atoms with Crippen LogP contribution in [-0.2, 0) is 11.2 Å². The molecule has 2 aromatic carbocycles. The van der Waals surface area contributed by atoms with Gasteiger partial charge in [-0.1, -0.05) is 12.1 Å². The van der Waals surface area contributed by atoms with Crippen LogP contribution in [0.3, 0.4) is 0 Å². The van der Waals surface area contributed by atoms with Crippen molar-refractivity contribution in [2.45, 2.75) is 19.8 Å². The summed E-state index contributed by atoms with van der Waals surface area (Å²) in [5, 5.41) is 2.69. The Morgan fingerprint density at radius 1 is 1.15 bits per heavy atom. The van der Waals surface area contributed by atoms with E-state index in [0.29, 0.717) is 11.3 Å². The van der Waals surface area contributed by atoms with E-state index < -0.39 is 11.6 Å². The molecule has 7 heteroatoms. The van der Waals surface area contributed by atoms with Gasteiger partial charge in [0.1, 0.15) is 11.6 Å². The minimum absolute atomic E-state index is 0.0676. The molecule has 0 fully saturated rings. The number of para-hydroxylation sites is 1. The van der Waals surface area contributed by atoms with Crippen LogP contribution in [0.1, 0.15) is 29.6 Å². The van der Waals surface area contributed by atoms with Crippen LogP contribution in [0.4, 0.5) is 14.5 Å². The first-order valence-corrected chi connectivity index (χ1v) is 8.24. The maximum Gasteiger partial charge on any atom is 0.224 e. The first kappa shape index (κ1) is 18.4. The number of nitrogens with zero attached hydrogens (tertiary/aromatic N) is 1. The Labute approximate surface area is 154 Å². The monoisotopic (exact) mass is 370 g/mol. The zero-order valence-corrected chi connectivity index (χ0v) is 14.5. The molecule has 1 amide bonds. The standard InChI is InChI=1S/C20H16F2N2O3/c1-12(25)14-4-2-3-5-17(14)24-19(26)8-9-20-23-11-18(27-20)15-7-6-13(21)10-16(15)22/h2-7,10-11H,8-9H2,1H3,(H,24,26). The molecule has 0 aliphatic rings. The van der Waals surface area contributed by atoms with Gasteiger partial charge in [0.2, 0.25) is 5.91 Å². The molecule has 27 heavy (non-hydrogen) atoms. The van der Waals surface area contributed by atoms with Crippen molar-refractivity contribution in [3.63, 3.8) is 0 Å². The van der Waals surface area contributed by atoms with Gasteiger partial charge in [0, 0.05) is 24.5 Å². The van der Waals surface area contributed by atoms with Crippen LogP contribution in [0.2, 0.25) is 0 Å². The molecule has 1 aromatic heterocycles. The zero-order valence-electron chi connectivity index (χ0n) is 14.5. The van der Waals surface area contributed by atoms with Crippen LogP contribution in [-0.4, -0.2) is 16.7 Å². The second-order valence-corrected chi connectivity index (χ2v) is 5.89. The summed E-state index contributed by atoms with van der Waals surface area (Å²) in [6.45, 7) is 1.42. The van der Waals surface area contributed by atoms with Gasteiger partial charge in [-0.3, -0.25) is 9.59 Å². The number of hydrogen-bond donors (Lipinski definition) is 1. The fourth-order valence-electron chi connectivity index (χ4n) is 2.57. The van der Waals surface area contributed by atoms with Gasteiger partial charge in [0.15, 0.2) is 17.4 Å². The second-order valence-electron chi connectivity index (χ2n) is 5.89. The van der Waals surface area contributed by atoms with Crippen LogP contribution in [0.15, 0.2) is 53.1 Å². The Hall–Kier alpha value is -3.35. The number of anilines is 1. The molecule has 0 atom stereocenters. The Morgan fingerprint density at radius 2 is 1.93 bits per heavy atom. The smallest absolute Gasteiger partial charge is 0.224 e. The van der Waals surface area contributed by atoms with Crippen molar-refractivity contribution < 1.29 is 22.8 Å². The number of nitrogens with one attached hydrogen (secondary N) is 1. The van der Waals surface area contributed by atoms with E-state index >= 15 is 0 Å². The van der Waals surface area contributed by atoms with Crippen molar-refractivity contribution in [1.29, 1.82) is 0 Å². The normalized spacial score (nSPS) is 10.6. The van der Waals surface area contributed by atoms with Gasteiger partial charge in [-0.2, -0.15) is 0 Å². The number of rotatable bonds is 6. The Bertz CT molecular complexity index is 998. The summed E-state index contributed by atoms with van der Waals surface area (Å²) in [5.74, 6) is -1.48. The number of carbonyl (C=O) groups is 2. The Morgan fingerprint density at radius 3 is 2.67 bits per heavy atom. The van der Waals surface area contributed by atoms with E-state index in [9.17, 15) is 18.4 Å². The summed E-state index contributed by atoms with van der Waals surface area (Å²) in [7, 11) is 0. The highest BCUT2D eigenvalue weighted by atomic mass is 19.1. The quantitative estimate of drug-likeness (QED) is 0.653. The van der Waals surface area contributed by atoms with E-state index in [4.69, 9.17) is 4.42 Å². The van der Waals surface area contributed by atoms with E-state index in [1.807, 2.05) is 0 Å². The summed E-state index contributed by atoms with van der Waals surface area (Å²) >= 11 is 0. The SMILES string of the molecule is CC(=O)c1ccccc1NC(=O)CCc1ncc(-c2ccc(F)cc2F)o1. The molecule has 0 bridgehead atoms. The van der Waals surface area contributed by atoms with E-state index in [1.54, 1.807) is 24.3 Å². The van der Waals surface area contributed by atoms with Gasteiger partial charge >= 0.3 is 0 Å². The lowest BCUT2D eigenvalue weighted by molar-refractivity contribution is -0.116. The van der Waals surface area contributed by atoms with Crippen LogP contribution in [0.25, 0.3) is 11.3 Å². The molecule has 0 radical (unpaired) electrons. The van der Waals surface area contributed by atoms with E-state index in [1.165, 1.54) is 19.2 Å². The van der Waals surface area contributed by atoms with Crippen LogP contribution >= 0.6 is 0 Å². The molecule has 3 rings (SSSR count). The molecule has 3 aromatic rings. The summed E-state index contributed by atoms with van der Waals surface area (Å²) in [4.78, 5) is 27.7. The van der Waals surface area contributed by atoms with Gasteiger partial charge in [0.25, 0.3) is 0 Å². The highest BCUT2D eigenvalue weighted by Gasteiger charge is 2.14. The first-order valence-electron chi connectivity index (χ1n) is 8.24. The summed E-state index contributed by atoms with van der Waals surface area (Å²) in [6, 6.07) is 9.87. The van der Waals surface area contributed by atoms with Crippen molar-refractivity contribution in [3.8, 4) is 11.3 Å². The van der Waals surface area contributed by atoms with E-state index in [0.717, 1.165) is 12.1 Å². The van der Waals surface area contributed by atoms with E-state index in [2.05, 4.69) is 10.3 Å². The van der Waals surface area contributed by atoms with E-state index in [-0.39, 0.29) is 41.7 Å². The van der Waals surface area contributed by atoms with Gasteiger partial charge in [-0.15, -0.1) is 0 Å². The Balaban J connectivity index is 1.63. The lowest BCUT2D eigenvalue weighted by Crippen LogP contribution is -2.14. The minimum atomic E-state index is -0.753. The molecule has 0 aliphatic carbocycles. The molecule has 1 heterocycles. The molecular weight excluding hydrogens is 354 g/mol. The molecule has 5 nitrogen and oxygen atoms in total. The average molecular weight is 370 g/mol.